The lowest BCUT2D eigenvalue weighted by molar-refractivity contribution is -0.116. The molecule has 1 amide bonds. The predicted molar refractivity (Wildman–Crippen MR) is 79.1 cm³/mol. The van der Waals surface area contributed by atoms with Crippen molar-refractivity contribution in [1.29, 1.82) is 0 Å². The van der Waals surface area contributed by atoms with E-state index in [1.54, 1.807) is 25.3 Å². The lowest BCUT2D eigenvalue weighted by atomic mass is 10.3. The van der Waals surface area contributed by atoms with Crippen LogP contribution in [0, 0.1) is 0 Å². The van der Waals surface area contributed by atoms with Gasteiger partial charge in [-0.2, -0.15) is 0 Å². The summed E-state index contributed by atoms with van der Waals surface area (Å²) in [6.45, 7) is 2.17. The van der Waals surface area contributed by atoms with E-state index in [1.165, 1.54) is 0 Å². The SMILES string of the molecule is COCCCNCCC(=O)Nc1cccc(Cl)c1Cl. The summed E-state index contributed by atoms with van der Waals surface area (Å²) in [6.07, 6.45) is 1.31. The van der Waals surface area contributed by atoms with Gasteiger partial charge >= 0.3 is 0 Å². The van der Waals surface area contributed by atoms with Crippen molar-refractivity contribution in [2.45, 2.75) is 12.8 Å². The quantitative estimate of drug-likeness (QED) is 0.726. The van der Waals surface area contributed by atoms with Crippen LogP contribution in [0.15, 0.2) is 18.2 Å². The number of amides is 1. The average molecular weight is 305 g/mol. The summed E-state index contributed by atoms with van der Waals surface area (Å²) < 4.78 is 4.93. The van der Waals surface area contributed by atoms with E-state index in [0.29, 0.717) is 28.7 Å². The first kappa shape index (κ1) is 16.2. The number of hydrogen-bond donors (Lipinski definition) is 2. The monoisotopic (exact) mass is 304 g/mol. The van der Waals surface area contributed by atoms with Crippen LogP contribution < -0.4 is 10.6 Å². The van der Waals surface area contributed by atoms with Crippen molar-refractivity contribution in [3.8, 4) is 0 Å². The number of halogens is 2. The van der Waals surface area contributed by atoms with Crippen molar-refractivity contribution in [3.63, 3.8) is 0 Å². The highest BCUT2D eigenvalue weighted by atomic mass is 35.5. The Morgan fingerprint density at radius 1 is 1.32 bits per heavy atom. The Labute approximate surface area is 123 Å². The van der Waals surface area contributed by atoms with E-state index in [0.717, 1.165) is 19.6 Å². The molecule has 0 heterocycles. The average Bonchev–Trinajstić information content (AvgIpc) is 2.39. The lowest BCUT2D eigenvalue weighted by Crippen LogP contribution is -2.23. The van der Waals surface area contributed by atoms with Gasteiger partial charge in [-0.1, -0.05) is 29.3 Å². The molecule has 0 aliphatic carbocycles. The van der Waals surface area contributed by atoms with Crippen LogP contribution in [0.3, 0.4) is 0 Å². The van der Waals surface area contributed by atoms with E-state index in [-0.39, 0.29) is 5.91 Å². The van der Waals surface area contributed by atoms with Crippen molar-refractivity contribution in [1.82, 2.24) is 5.32 Å². The molecule has 0 atom stereocenters. The van der Waals surface area contributed by atoms with E-state index >= 15 is 0 Å². The third kappa shape index (κ3) is 6.25. The van der Waals surface area contributed by atoms with E-state index in [9.17, 15) is 4.79 Å². The van der Waals surface area contributed by atoms with E-state index in [4.69, 9.17) is 27.9 Å². The number of nitrogens with one attached hydrogen (secondary N) is 2. The normalized spacial score (nSPS) is 10.5. The predicted octanol–water partition coefficient (Wildman–Crippen LogP) is 2.95. The fourth-order valence-electron chi connectivity index (χ4n) is 1.48. The highest BCUT2D eigenvalue weighted by Crippen LogP contribution is 2.29. The summed E-state index contributed by atoms with van der Waals surface area (Å²) in [4.78, 5) is 11.7. The first-order valence-electron chi connectivity index (χ1n) is 6.08. The second kappa shape index (κ2) is 9.15. The van der Waals surface area contributed by atoms with Crippen LogP contribution in [0.1, 0.15) is 12.8 Å². The molecule has 0 saturated carbocycles. The summed E-state index contributed by atoms with van der Waals surface area (Å²) in [5.41, 5.74) is 0.540. The number of rotatable bonds is 8. The number of hydrogen-bond acceptors (Lipinski definition) is 3. The number of benzene rings is 1. The Morgan fingerprint density at radius 3 is 2.84 bits per heavy atom. The number of carbonyl (C=O) groups excluding carboxylic acids is 1. The van der Waals surface area contributed by atoms with Gasteiger partial charge in [0.1, 0.15) is 0 Å². The van der Waals surface area contributed by atoms with Crippen molar-refractivity contribution < 1.29 is 9.53 Å². The molecule has 1 aromatic carbocycles. The number of methoxy groups -OCH3 is 1. The molecule has 0 saturated heterocycles. The third-order valence-electron chi connectivity index (χ3n) is 2.46. The molecule has 2 N–H and O–H groups in total. The smallest absolute Gasteiger partial charge is 0.225 e. The lowest BCUT2D eigenvalue weighted by Gasteiger charge is -2.08. The van der Waals surface area contributed by atoms with Crippen molar-refractivity contribution in [3.05, 3.63) is 28.2 Å². The van der Waals surface area contributed by atoms with Crippen molar-refractivity contribution >= 4 is 34.8 Å². The van der Waals surface area contributed by atoms with Gasteiger partial charge in [-0.3, -0.25) is 4.79 Å². The number of carbonyl (C=O) groups is 1. The molecule has 106 valence electrons. The van der Waals surface area contributed by atoms with Crippen molar-refractivity contribution in [2.75, 3.05) is 32.1 Å². The van der Waals surface area contributed by atoms with Gasteiger partial charge in [-0.25, -0.2) is 0 Å². The molecule has 0 fully saturated rings. The maximum Gasteiger partial charge on any atom is 0.225 e. The standard InChI is InChI=1S/C13H18Cl2N2O2/c1-19-9-3-7-16-8-6-12(18)17-11-5-2-4-10(14)13(11)15/h2,4-5,16H,3,6-9H2,1H3,(H,17,18). The minimum Gasteiger partial charge on any atom is -0.385 e. The first-order valence-corrected chi connectivity index (χ1v) is 6.84. The van der Waals surface area contributed by atoms with Gasteiger partial charge in [-0.15, -0.1) is 0 Å². The van der Waals surface area contributed by atoms with Crippen LogP contribution in [0.4, 0.5) is 5.69 Å². The second-order valence-electron chi connectivity index (χ2n) is 4.00. The van der Waals surface area contributed by atoms with Gasteiger partial charge in [0, 0.05) is 26.7 Å². The third-order valence-corrected chi connectivity index (χ3v) is 3.28. The zero-order valence-corrected chi connectivity index (χ0v) is 12.4. The number of ether oxygens (including phenoxy) is 1. The van der Waals surface area contributed by atoms with Crippen LogP contribution in [-0.2, 0) is 9.53 Å². The molecule has 19 heavy (non-hydrogen) atoms. The van der Waals surface area contributed by atoms with Crippen LogP contribution in [0.2, 0.25) is 10.0 Å². The zero-order chi connectivity index (χ0) is 14.1. The van der Waals surface area contributed by atoms with E-state index in [2.05, 4.69) is 10.6 Å². The van der Waals surface area contributed by atoms with E-state index in [1.807, 2.05) is 0 Å². The first-order chi connectivity index (χ1) is 9.15. The Balaban J connectivity index is 2.26. The minimum atomic E-state index is -0.0941. The zero-order valence-electron chi connectivity index (χ0n) is 10.8. The molecule has 1 aromatic rings. The van der Waals surface area contributed by atoms with Gasteiger partial charge in [0.2, 0.25) is 5.91 Å². The summed E-state index contributed by atoms with van der Waals surface area (Å²) in [7, 11) is 1.67. The Hall–Kier alpha value is -0.810. The van der Waals surface area contributed by atoms with Gasteiger partial charge in [-0.05, 0) is 25.1 Å². The molecule has 6 heteroatoms. The molecule has 0 aliphatic rings. The molecule has 0 unspecified atom stereocenters. The van der Waals surface area contributed by atoms with Crippen LogP contribution in [0.5, 0.6) is 0 Å². The maximum absolute atomic E-state index is 11.7. The van der Waals surface area contributed by atoms with Gasteiger partial charge in [0.15, 0.2) is 0 Å². The van der Waals surface area contributed by atoms with Crippen molar-refractivity contribution in [2.24, 2.45) is 0 Å². The topological polar surface area (TPSA) is 50.4 Å². The molecule has 0 spiro atoms. The molecule has 1 rings (SSSR count). The highest BCUT2D eigenvalue weighted by molar-refractivity contribution is 6.43. The maximum atomic E-state index is 11.7. The van der Waals surface area contributed by atoms with Gasteiger partial charge < -0.3 is 15.4 Å². The summed E-state index contributed by atoms with van der Waals surface area (Å²) in [6, 6.07) is 5.14. The fraction of sp³-hybridized carbons (Fsp3) is 0.462. The second-order valence-corrected chi connectivity index (χ2v) is 4.78. The molecule has 0 bridgehead atoms. The molecular weight excluding hydrogens is 287 g/mol. The Bertz CT molecular complexity index is 414. The summed E-state index contributed by atoms with van der Waals surface area (Å²) >= 11 is 11.8. The van der Waals surface area contributed by atoms with Crippen LogP contribution in [0.25, 0.3) is 0 Å². The molecule has 0 aliphatic heterocycles. The van der Waals surface area contributed by atoms with Crippen LogP contribution in [-0.4, -0.2) is 32.7 Å². The van der Waals surface area contributed by atoms with Gasteiger partial charge in [0.05, 0.1) is 15.7 Å². The molecule has 4 nitrogen and oxygen atoms in total. The van der Waals surface area contributed by atoms with Crippen LogP contribution >= 0.6 is 23.2 Å². The fourth-order valence-corrected chi connectivity index (χ4v) is 1.83. The summed E-state index contributed by atoms with van der Waals surface area (Å²) in [5, 5.41) is 6.69. The number of anilines is 1. The Morgan fingerprint density at radius 2 is 2.11 bits per heavy atom. The molecular formula is C13H18Cl2N2O2. The molecule has 0 aromatic heterocycles. The highest BCUT2D eigenvalue weighted by Gasteiger charge is 2.07. The van der Waals surface area contributed by atoms with Gasteiger partial charge in [0.25, 0.3) is 0 Å². The van der Waals surface area contributed by atoms with E-state index < -0.39 is 0 Å². The molecule has 0 radical (unpaired) electrons. The largest absolute Gasteiger partial charge is 0.385 e. The Kier molecular flexibility index (Phi) is 7.82. The minimum absolute atomic E-state index is 0.0941. The summed E-state index contributed by atoms with van der Waals surface area (Å²) in [5.74, 6) is -0.0941.